The van der Waals surface area contributed by atoms with Crippen molar-refractivity contribution in [2.45, 2.75) is 6.04 Å². The van der Waals surface area contributed by atoms with Crippen LogP contribution >= 0.6 is 11.6 Å². The molecule has 0 saturated carbocycles. The molecule has 8 heteroatoms. The molecule has 33 heavy (non-hydrogen) atoms. The molecule has 1 N–H and O–H groups in total. The third-order valence-corrected chi connectivity index (χ3v) is 6.29. The molecule has 0 aliphatic carbocycles. The summed E-state index contributed by atoms with van der Waals surface area (Å²) >= 11 is 6.14. The Hall–Kier alpha value is -3.29. The van der Waals surface area contributed by atoms with Crippen molar-refractivity contribution in [2.75, 3.05) is 34.3 Å². The summed E-state index contributed by atoms with van der Waals surface area (Å²) in [7, 11) is 7.20. The Kier molecular flexibility index (Phi) is 6.19. The molecule has 1 amide bonds. The van der Waals surface area contributed by atoms with Gasteiger partial charge in [0.1, 0.15) is 11.5 Å². The first-order chi connectivity index (χ1) is 15.7. The van der Waals surface area contributed by atoms with Crippen LogP contribution in [0.1, 0.15) is 17.2 Å². The quantitative estimate of drug-likeness (QED) is 0.339. The highest BCUT2D eigenvalue weighted by Crippen LogP contribution is 2.42. The number of fused-ring (bicyclic) bond motifs is 1. The number of rotatable bonds is 6. The molecular formula is C25H26ClN3O4. The highest BCUT2D eigenvalue weighted by molar-refractivity contribution is 6.46. The number of para-hydroxylation sites is 1. The second kappa shape index (κ2) is 8.92. The number of ether oxygens (including phenoxy) is 1. The van der Waals surface area contributed by atoms with E-state index in [0.29, 0.717) is 29.4 Å². The zero-order valence-corrected chi connectivity index (χ0v) is 19.8. The lowest BCUT2D eigenvalue weighted by atomic mass is 9.95. The van der Waals surface area contributed by atoms with Crippen LogP contribution in [0.5, 0.6) is 5.75 Å². The number of likely N-dealkylation sites (tertiary alicyclic amines) is 1. The number of carbonyl (C=O) groups is 2. The predicted molar refractivity (Wildman–Crippen MR) is 128 cm³/mol. The Balaban J connectivity index is 1.94. The second-order valence-corrected chi connectivity index (χ2v) is 8.76. The van der Waals surface area contributed by atoms with Crippen molar-refractivity contribution < 1.29 is 19.4 Å². The van der Waals surface area contributed by atoms with Gasteiger partial charge in [-0.15, -0.1) is 0 Å². The molecule has 1 aliphatic heterocycles. The summed E-state index contributed by atoms with van der Waals surface area (Å²) in [4.78, 5) is 29.9. The first-order valence-corrected chi connectivity index (χ1v) is 10.9. The minimum Gasteiger partial charge on any atom is -0.507 e. The van der Waals surface area contributed by atoms with Crippen molar-refractivity contribution in [1.29, 1.82) is 0 Å². The molecule has 1 atom stereocenters. The number of amides is 1. The SMILES string of the molecule is COc1cc(/C(O)=C2\C(=O)C(=O)N(CCN(C)C)C2c2cn(C)c3ccccc23)ccc1Cl. The minimum atomic E-state index is -0.724. The first-order valence-electron chi connectivity index (χ1n) is 10.6. The average Bonchev–Trinajstić information content (AvgIpc) is 3.26. The number of likely N-dealkylation sites (N-methyl/N-ethyl adjacent to an activating group) is 1. The Morgan fingerprint density at radius 1 is 1.18 bits per heavy atom. The molecule has 3 aromatic rings. The number of aliphatic hydroxyl groups is 1. The number of nitrogens with zero attached hydrogens (tertiary/aromatic N) is 3. The zero-order chi connectivity index (χ0) is 23.9. The van der Waals surface area contributed by atoms with E-state index >= 15 is 0 Å². The zero-order valence-electron chi connectivity index (χ0n) is 19.0. The monoisotopic (exact) mass is 467 g/mol. The molecule has 1 aromatic heterocycles. The lowest BCUT2D eigenvalue weighted by molar-refractivity contribution is -0.140. The summed E-state index contributed by atoms with van der Waals surface area (Å²) in [5.41, 5.74) is 2.17. The number of carbonyl (C=O) groups excluding carboxylic acids is 2. The van der Waals surface area contributed by atoms with Gasteiger partial charge in [-0.25, -0.2) is 0 Å². The third kappa shape index (κ3) is 3.98. The Morgan fingerprint density at radius 3 is 2.61 bits per heavy atom. The molecule has 2 heterocycles. The van der Waals surface area contributed by atoms with Gasteiger partial charge in [0.25, 0.3) is 11.7 Å². The highest BCUT2D eigenvalue weighted by Gasteiger charge is 2.46. The fourth-order valence-electron chi connectivity index (χ4n) is 4.30. The van der Waals surface area contributed by atoms with E-state index in [0.717, 1.165) is 16.5 Å². The Bertz CT molecular complexity index is 1280. The van der Waals surface area contributed by atoms with Crippen LogP contribution in [-0.4, -0.2) is 65.5 Å². The van der Waals surface area contributed by atoms with Crippen LogP contribution < -0.4 is 4.74 Å². The summed E-state index contributed by atoms with van der Waals surface area (Å²) in [6, 6.07) is 11.8. The number of Topliss-reactive ketones (excluding diaryl/α,β-unsaturated/α-hetero) is 1. The number of hydrogen-bond acceptors (Lipinski definition) is 5. The van der Waals surface area contributed by atoms with E-state index in [-0.39, 0.29) is 11.3 Å². The van der Waals surface area contributed by atoms with Gasteiger partial charge in [0.2, 0.25) is 0 Å². The van der Waals surface area contributed by atoms with Crippen LogP contribution in [0.15, 0.2) is 54.2 Å². The lowest BCUT2D eigenvalue weighted by Crippen LogP contribution is -2.35. The van der Waals surface area contributed by atoms with Crippen molar-refractivity contribution in [3.63, 3.8) is 0 Å². The maximum Gasteiger partial charge on any atom is 0.295 e. The van der Waals surface area contributed by atoms with E-state index in [4.69, 9.17) is 16.3 Å². The largest absolute Gasteiger partial charge is 0.507 e. The number of hydrogen-bond donors (Lipinski definition) is 1. The number of aromatic nitrogens is 1. The molecule has 2 aromatic carbocycles. The standard InChI is InChI=1S/C25H26ClN3O4/c1-27(2)11-12-29-22(17-14-28(3)19-8-6-5-7-16(17)19)21(24(31)25(29)32)23(30)15-9-10-18(26)20(13-15)33-4/h5-10,13-14,22,30H,11-12H2,1-4H3/b23-21+. The van der Waals surface area contributed by atoms with Crippen molar-refractivity contribution in [3.8, 4) is 5.75 Å². The van der Waals surface area contributed by atoms with E-state index in [2.05, 4.69) is 0 Å². The second-order valence-electron chi connectivity index (χ2n) is 8.36. The Morgan fingerprint density at radius 2 is 1.91 bits per heavy atom. The smallest absolute Gasteiger partial charge is 0.295 e. The fourth-order valence-corrected chi connectivity index (χ4v) is 4.49. The summed E-state index contributed by atoms with van der Waals surface area (Å²) < 4.78 is 7.23. The Labute approximate surface area is 197 Å². The van der Waals surface area contributed by atoms with E-state index in [9.17, 15) is 14.7 Å². The van der Waals surface area contributed by atoms with E-state index in [1.54, 1.807) is 23.1 Å². The van der Waals surface area contributed by atoms with Gasteiger partial charge in [-0.1, -0.05) is 29.8 Å². The van der Waals surface area contributed by atoms with Gasteiger partial charge in [-0.05, 0) is 38.4 Å². The molecule has 0 radical (unpaired) electrons. The summed E-state index contributed by atoms with van der Waals surface area (Å²) in [5, 5.41) is 12.6. The molecule has 0 spiro atoms. The molecule has 1 unspecified atom stereocenters. The first kappa shape index (κ1) is 22.9. The maximum atomic E-state index is 13.2. The van der Waals surface area contributed by atoms with Crippen LogP contribution in [0.3, 0.4) is 0 Å². The number of aliphatic hydroxyl groups excluding tert-OH is 1. The van der Waals surface area contributed by atoms with Crippen LogP contribution in [0.2, 0.25) is 5.02 Å². The minimum absolute atomic E-state index is 0.0551. The topological polar surface area (TPSA) is 75.0 Å². The van der Waals surface area contributed by atoms with Gasteiger partial charge in [-0.3, -0.25) is 9.59 Å². The van der Waals surface area contributed by atoms with Crippen molar-refractivity contribution in [2.24, 2.45) is 7.05 Å². The van der Waals surface area contributed by atoms with Crippen molar-refractivity contribution in [3.05, 3.63) is 70.4 Å². The molecule has 0 bridgehead atoms. The lowest BCUT2D eigenvalue weighted by Gasteiger charge is -2.26. The number of halogens is 1. The summed E-state index contributed by atoms with van der Waals surface area (Å²) in [6.07, 6.45) is 1.92. The van der Waals surface area contributed by atoms with Gasteiger partial charge >= 0.3 is 0 Å². The van der Waals surface area contributed by atoms with Gasteiger partial charge in [0.05, 0.1) is 23.7 Å². The van der Waals surface area contributed by atoms with E-state index < -0.39 is 17.7 Å². The molecular weight excluding hydrogens is 442 g/mol. The molecule has 7 nitrogen and oxygen atoms in total. The van der Waals surface area contributed by atoms with Gasteiger partial charge in [0, 0.05) is 48.4 Å². The number of aryl methyl sites for hydroxylation is 1. The van der Waals surface area contributed by atoms with Gasteiger partial charge < -0.3 is 24.2 Å². The molecule has 172 valence electrons. The van der Waals surface area contributed by atoms with Crippen molar-refractivity contribution >= 4 is 40.0 Å². The number of methoxy groups -OCH3 is 1. The maximum absolute atomic E-state index is 13.2. The predicted octanol–water partition coefficient (Wildman–Crippen LogP) is 3.82. The molecule has 1 saturated heterocycles. The van der Waals surface area contributed by atoms with Crippen LogP contribution in [0.25, 0.3) is 16.7 Å². The molecule has 1 fully saturated rings. The average molecular weight is 468 g/mol. The van der Waals surface area contributed by atoms with E-state index in [1.807, 2.05) is 61.1 Å². The fraction of sp³-hybridized carbons (Fsp3) is 0.280. The third-order valence-electron chi connectivity index (χ3n) is 5.97. The van der Waals surface area contributed by atoms with Crippen molar-refractivity contribution in [1.82, 2.24) is 14.4 Å². The van der Waals surface area contributed by atoms with Gasteiger partial charge in [0.15, 0.2) is 0 Å². The number of benzene rings is 2. The van der Waals surface area contributed by atoms with E-state index in [1.165, 1.54) is 7.11 Å². The summed E-state index contributed by atoms with van der Waals surface area (Å²) in [5.74, 6) is -1.23. The highest BCUT2D eigenvalue weighted by atomic mass is 35.5. The van der Waals surface area contributed by atoms with Crippen LogP contribution in [0.4, 0.5) is 0 Å². The van der Waals surface area contributed by atoms with Gasteiger partial charge in [-0.2, -0.15) is 0 Å². The summed E-state index contributed by atoms with van der Waals surface area (Å²) in [6.45, 7) is 0.912. The van der Waals surface area contributed by atoms with Crippen LogP contribution in [-0.2, 0) is 16.6 Å². The van der Waals surface area contributed by atoms with Crippen LogP contribution in [0, 0.1) is 0 Å². The normalized spacial score (nSPS) is 18.0. The molecule has 1 aliphatic rings. The number of ketones is 1. The molecule has 4 rings (SSSR count).